The van der Waals surface area contributed by atoms with Crippen molar-refractivity contribution in [2.24, 2.45) is 0 Å². The van der Waals surface area contributed by atoms with E-state index in [0.717, 1.165) is 49.1 Å². The van der Waals surface area contributed by atoms with Gasteiger partial charge in [-0.3, -0.25) is 9.59 Å². The highest BCUT2D eigenvalue weighted by molar-refractivity contribution is 5.95. The van der Waals surface area contributed by atoms with E-state index in [-0.39, 0.29) is 23.9 Å². The number of halogens is 1. The Morgan fingerprint density at radius 1 is 1.03 bits per heavy atom. The van der Waals surface area contributed by atoms with E-state index < -0.39 is 0 Å². The Hall–Kier alpha value is -2.70. The normalized spacial score (nSPS) is 10.8. The maximum atomic E-state index is 12.3. The lowest BCUT2D eigenvalue weighted by atomic mass is 10.0. The molecule has 0 bridgehead atoms. The lowest BCUT2D eigenvalue weighted by Gasteiger charge is -2.17. The molecule has 1 aromatic heterocycles. The van der Waals surface area contributed by atoms with Crippen LogP contribution in [0.15, 0.2) is 53.3 Å². The van der Waals surface area contributed by atoms with Crippen LogP contribution in [0.3, 0.4) is 0 Å². The van der Waals surface area contributed by atoms with Crippen LogP contribution in [0.2, 0.25) is 0 Å². The highest BCUT2D eigenvalue weighted by Crippen LogP contribution is 2.26. The Morgan fingerprint density at radius 3 is 2.50 bits per heavy atom. The first-order valence-electron chi connectivity index (χ1n) is 10.2. The van der Waals surface area contributed by atoms with Crippen molar-refractivity contribution in [2.45, 2.75) is 33.1 Å². The van der Waals surface area contributed by atoms with Crippen molar-refractivity contribution < 1.29 is 4.79 Å². The molecule has 30 heavy (non-hydrogen) atoms. The molecule has 0 atom stereocenters. The van der Waals surface area contributed by atoms with E-state index in [1.807, 2.05) is 42.5 Å². The van der Waals surface area contributed by atoms with E-state index in [2.05, 4.69) is 34.3 Å². The van der Waals surface area contributed by atoms with Crippen LogP contribution in [-0.4, -0.2) is 40.6 Å². The SMILES string of the molecule is CCN(CC)CCCCC(=O)Nc1cccc(-c2n[nH]c(=O)c3ccccc23)c1.Cl. The summed E-state index contributed by atoms with van der Waals surface area (Å²) in [5.41, 5.74) is 2.05. The number of H-pyrrole nitrogens is 1. The molecule has 0 aliphatic carbocycles. The summed E-state index contributed by atoms with van der Waals surface area (Å²) in [4.78, 5) is 26.7. The topological polar surface area (TPSA) is 78.1 Å². The molecule has 2 aromatic carbocycles. The van der Waals surface area contributed by atoms with Crippen LogP contribution in [0.25, 0.3) is 22.0 Å². The maximum absolute atomic E-state index is 12.3. The van der Waals surface area contributed by atoms with Crippen molar-refractivity contribution >= 4 is 34.8 Å². The molecule has 0 unspecified atom stereocenters. The molecule has 0 radical (unpaired) electrons. The second-order valence-electron chi connectivity index (χ2n) is 7.06. The summed E-state index contributed by atoms with van der Waals surface area (Å²) in [6.07, 6.45) is 2.39. The number of nitrogens with one attached hydrogen (secondary N) is 2. The summed E-state index contributed by atoms with van der Waals surface area (Å²) in [7, 11) is 0. The number of carbonyl (C=O) groups is 1. The fourth-order valence-electron chi connectivity index (χ4n) is 3.46. The number of amides is 1. The summed E-state index contributed by atoms with van der Waals surface area (Å²) < 4.78 is 0. The summed E-state index contributed by atoms with van der Waals surface area (Å²) in [5, 5.41) is 11.2. The second kappa shape index (κ2) is 11.5. The monoisotopic (exact) mass is 428 g/mol. The zero-order valence-electron chi connectivity index (χ0n) is 17.5. The van der Waals surface area contributed by atoms with Gasteiger partial charge >= 0.3 is 0 Å². The van der Waals surface area contributed by atoms with Crippen LogP contribution >= 0.6 is 12.4 Å². The Kier molecular flexibility index (Phi) is 9.02. The lowest BCUT2D eigenvalue weighted by molar-refractivity contribution is -0.116. The van der Waals surface area contributed by atoms with E-state index in [9.17, 15) is 9.59 Å². The second-order valence-corrected chi connectivity index (χ2v) is 7.06. The smallest absolute Gasteiger partial charge is 0.272 e. The molecule has 0 fully saturated rings. The van der Waals surface area contributed by atoms with E-state index in [0.29, 0.717) is 17.5 Å². The van der Waals surface area contributed by atoms with Crippen LogP contribution in [0.1, 0.15) is 33.1 Å². The van der Waals surface area contributed by atoms with Gasteiger partial charge in [0.15, 0.2) is 0 Å². The number of carbonyl (C=O) groups excluding carboxylic acids is 1. The van der Waals surface area contributed by atoms with Gasteiger partial charge in [-0.05, 0) is 50.7 Å². The van der Waals surface area contributed by atoms with Gasteiger partial charge in [-0.15, -0.1) is 12.4 Å². The first-order chi connectivity index (χ1) is 14.1. The van der Waals surface area contributed by atoms with Crippen LogP contribution < -0.4 is 10.9 Å². The van der Waals surface area contributed by atoms with Gasteiger partial charge in [0.05, 0.1) is 11.1 Å². The third kappa shape index (κ3) is 5.90. The van der Waals surface area contributed by atoms with Gasteiger partial charge in [0.25, 0.3) is 5.56 Å². The van der Waals surface area contributed by atoms with Crippen LogP contribution in [0.4, 0.5) is 5.69 Å². The minimum atomic E-state index is -0.210. The van der Waals surface area contributed by atoms with Gasteiger partial charge in [0.1, 0.15) is 0 Å². The van der Waals surface area contributed by atoms with Gasteiger partial charge in [-0.2, -0.15) is 5.10 Å². The summed E-state index contributed by atoms with van der Waals surface area (Å²) in [5.74, 6) is 0.0148. The molecule has 7 heteroatoms. The number of anilines is 1. The van der Waals surface area contributed by atoms with Gasteiger partial charge in [0.2, 0.25) is 5.91 Å². The van der Waals surface area contributed by atoms with Crippen molar-refractivity contribution in [3.63, 3.8) is 0 Å². The van der Waals surface area contributed by atoms with Crippen LogP contribution in [0, 0.1) is 0 Å². The van der Waals surface area contributed by atoms with Crippen LogP contribution in [0.5, 0.6) is 0 Å². The van der Waals surface area contributed by atoms with Crippen molar-refractivity contribution in [3.05, 3.63) is 58.9 Å². The highest BCUT2D eigenvalue weighted by atomic mass is 35.5. The van der Waals surface area contributed by atoms with Gasteiger partial charge in [-0.1, -0.05) is 44.2 Å². The summed E-state index contributed by atoms with van der Waals surface area (Å²) in [6, 6.07) is 14.9. The minimum Gasteiger partial charge on any atom is -0.326 e. The molecule has 0 saturated carbocycles. The van der Waals surface area contributed by atoms with Crippen molar-refractivity contribution in [3.8, 4) is 11.3 Å². The molecule has 160 valence electrons. The zero-order chi connectivity index (χ0) is 20.6. The molecule has 1 heterocycles. The Morgan fingerprint density at radius 2 is 1.77 bits per heavy atom. The average molecular weight is 429 g/mol. The quantitative estimate of drug-likeness (QED) is 0.493. The molecule has 2 N–H and O–H groups in total. The number of aromatic amines is 1. The number of benzene rings is 2. The van der Waals surface area contributed by atoms with Crippen molar-refractivity contribution in [2.75, 3.05) is 25.0 Å². The molecule has 6 nitrogen and oxygen atoms in total. The fourth-order valence-corrected chi connectivity index (χ4v) is 3.46. The molecule has 0 aliphatic heterocycles. The van der Waals surface area contributed by atoms with Gasteiger partial charge in [-0.25, -0.2) is 5.10 Å². The number of fused-ring (bicyclic) bond motifs is 1. The number of rotatable bonds is 9. The number of hydrogen-bond acceptors (Lipinski definition) is 4. The predicted octanol–water partition coefficient (Wildman–Crippen LogP) is 4.46. The van der Waals surface area contributed by atoms with Gasteiger partial charge in [0, 0.05) is 23.1 Å². The number of hydrogen-bond donors (Lipinski definition) is 2. The zero-order valence-corrected chi connectivity index (χ0v) is 18.3. The first kappa shape index (κ1) is 23.6. The minimum absolute atomic E-state index is 0. The van der Waals surface area contributed by atoms with Crippen LogP contribution in [-0.2, 0) is 4.79 Å². The Labute approximate surface area is 183 Å². The van der Waals surface area contributed by atoms with E-state index in [4.69, 9.17) is 0 Å². The fraction of sp³-hybridized carbons (Fsp3) is 0.348. The number of nitrogens with zero attached hydrogens (tertiary/aromatic N) is 2. The standard InChI is InChI=1S/C23H28N4O2.ClH/c1-3-27(4-2)15-8-7-14-21(28)24-18-11-9-10-17(16-18)22-19-12-5-6-13-20(19)23(29)26-25-22;/h5-6,9-13,16H,3-4,7-8,14-15H2,1-2H3,(H,24,28)(H,26,29);1H. The van der Waals surface area contributed by atoms with Gasteiger partial charge < -0.3 is 10.2 Å². The maximum Gasteiger partial charge on any atom is 0.272 e. The van der Waals surface area contributed by atoms with Crippen molar-refractivity contribution in [1.82, 2.24) is 15.1 Å². The average Bonchev–Trinajstić information content (AvgIpc) is 2.74. The molecule has 0 spiro atoms. The van der Waals surface area contributed by atoms with E-state index >= 15 is 0 Å². The first-order valence-corrected chi connectivity index (χ1v) is 10.2. The van der Waals surface area contributed by atoms with E-state index in [1.54, 1.807) is 6.07 Å². The largest absolute Gasteiger partial charge is 0.326 e. The highest BCUT2D eigenvalue weighted by Gasteiger charge is 2.10. The third-order valence-electron chi connectivity index (χ3n) is 5.14. The predicted molar refractivity (Wildman–Crippen MR) is 125 cm³/mol. The number of unbranched alkanes of at least 4 members (excludes halogenated alkanes) is 1. The Bertz CT molecular complexity index is 1030. The van der Waals surface area contributed by atoms with Crippen molar-refractivity contribution in [1.29, 1.82) is 0 Å². The molecule has 1 amide bonds. The molecule has 3 rings (SSSR count). The molecular formula is C23H29ClN4O2. The lowest BCUT2D eigenvalue weighted by Crippen LogP contribution is -2.24. The number of aromatic nitrogens is 2. The molecule has 3 aromatic rings. The Balaban J connectivity index is 0.00000320. The molecule has 0 aliphatic rings. The molecule has 0 saturated heterocycles. The summed E-state index contributed by atoms with van der Waals surface area (Å²) >= 11 is 0. The molecular weight excluding hydrogens is 400 g/mol. The van der Waals surface area contributed by atoms with E-state index in [1.165, 1.54) is 0 Å². The third-order valence-corrected chi connectivity index (χ3v) is 5.14. The summed E-state index contributed by atoms with van der Waals surface area (Å²) in [6.45, 7) is 7.43.